The number of anilines is 3. The largest absolute Gasteiger partial charge is 0.491 e. The van der Waals surface area contributed by atoms with Crippen molar-refractivity contribution < 1.29 is 14.3 Å². The zero-order chi connectivity index (χ0) is 23.2. The molecule has 0 unspecified atom stereocenters. The Labute approximate surface area is 192 Å². The molecule has 0 radical (unpaired) electrons. The number of ether oxygens (including phenoxy) is 2. The molecule has 8 nitrogen and oxygen atoms in total. The molecule has 0 aliphatic heterocycles. The predicted octanol–water partition coefficient (Wildman–Crippen LogP) is 4.66. The minimum Gasteiger partial charge on any atom is -0.491 e. The van der Waals surface area contributed by atoms with Gasteiger partial charge in [-0.1, -0.05) is 36.4 Å². The average Bonchev–Trinajstić information content (AvgIpc) is 3.18. The van der Waals surface area contributed by atoms with E-state index in [1.165, 1.54) is 0 Å². The Morgan fingerprint density at radius 2 is 1.76 bits per heavy atom. The number of aromatic nitrogens is 3. The van der Waals surface area contributed by atoms with Gasteiger partial charge in [0.25, 0.3) is 5.91 Å². The van der Waals surface area contributed by atoms with E-state index in [1.807, 2.05) is 68.4 Å². The number of hydrogen-bond donors (Lipinski definition) is 2. The lowest BCUT2D eigenvalue weighted by molar-refractivity contribution is 0.0948. The minimum atomic E-state index is -0.385. The zero-order valence-electron chi connectivity index (χ0n) is 18.4. The molecule has 0 saturated carbocycles. The van der Waals surface area contributed by atoms with E-state index in [-0.39, 0.29) is 23.9 Å². The number of nitrogens with zero attached hydrogens (tertiary/aromatic N) is 3. The van der Waals surface area contributed by atoms with Crippen LogP contribution in [0.4, 0.5) is 17.6 Å². The molecule has 4 rings (SSSR count). The molecule has 0 aliphatic rings. The molecule has 33 heavy (non-hydrogen) atoms. The number of nitrogens with one attached hydrogen (secondary N) is 1. The Bertz CT molecular complexity index is 1220. The number of rotatable bonds is 8. The van der Waals surface area contributed by atoms with Crippen molar-refractivity contribution in [2.75, 3.05) is 11.1 Å². The third kappa shape index (κ3) is 5.68. The van der Waals surface area contributed by atoms with Gasteiger partial charge in [-0.25, -0.2) is 0 Å². The monoisotopic (exact) mass is 443 g/mol. The summed E-state index contributed by atoms with van der Waals surface area (Å²) in [5.41, 5.74) is 8.16. The maximum absolute atomic E-state index is 12.8. The second-order valence-corrected chi connectivity index (χ2v) is 7.63. The molecule has 1 aromatic heterocycles. The van der Waals surface area contributed by atoms with Crippen molar-refractivity contribution in [3.05, 3.63) is 90.0 Å². The van der Waals surface area contributed by atoms with Gasteiger partial charge in [0, 0.05) is 17.3 Å². The van der Waals surface area contributed by atoms with Gasteiger partial charge in [-0.05, 0) is 55.8 Å². The van der Waals surface area contributed by atoms with Crippen LogP contribution in [0.2, 0.25) is 0 Å². The molecular formula is C25H25N5O3. The summed E-state index contributed by atoms with van der Waals surface area (Å²) in [6.07, 6.45) is 0.0494. The van der Waals surface area contributed by atoms with Crippen LogP contribution >= 0.6 is 0 Å². The van der Waals surface area contributed by atoms with E-state index in [0.29, 0.717) is 29.4 Å². The lowest BCUT2D eigenvalue weighted by Gasteiger charge is -2.09. The van der Waals surface area contributed by atoms with Crippen LogP contribution in [0.25, 0.3) is 0 Å². The van der Waals surface area contributed by atoms with Crippen LogP contribution in [0.3, 0.4) is 0 Å². The van der Waals surface area contributed by atoms with Gasteiger partial charge in [0.05, 0.1) is 6.10 Å². The van der Waals surface area contributed by atoms with Gasteiger partial charge in [0.1, 0.15) is 18.1 Å². The number of benzene rings is 3. The normalized spacial score (nSPS) is 10.8. The van der Waals surface area contributed by atoms with Crippen LogP contribution in [-0.4, -0.2) is 26.8 Å². The first-order valence-corrected chi connectivity index (χ1v) is 10.6. The molecule has 8 heteroatoms. The van der Waals surface area contributed by atoms with Crippen molar-refractivity contribution >= 4 is 23.5 Å². The molecule has 3 aromatic carbocycles. The molecule has 0 atom stereocenters. The molecule has 3 N–H and O–H groups in total. The standard InChI is InChI=1S/C25H25N5O3/c1-17(2)33-21-13-11-19(12-14-21)23(31)30-24(26)28-25(29-30)27-20-9-6-10-22(15-20)32-16-18-7-4-3-5-8-18/h3-15,17H,16H2,1-2H3,(H3,26,27,28,29). The SMILES string of the molecule is CC(C)Oc1ccc(C(=O)n2nc(Nc3cccc(OCc4ccccc4)c3)nc2N)cc1. The molecule has 0 aliphatic carbocycles. The van der Waals surface area contributed by atoms with Crippen LogP contribution in [0, 0.1) is 0 Å². The summed E-state index contributed by atoms with van der Waals surface area (Å²) in [4.78, 5) is 17.0. The van der Waals surface area contributed by atoms with E-state index in [1.54, 1.807) is 24.3 Å². The smallest absolute Gasteiger partial charge is 0.281 e. The third-order valence-corrected chi connectivity index (χ3v) is 4.64. The highest BCUT2D eigenvalue weighted by Crippen LogP contribution is 2.22. The molecule has 0 spiro atoms. The molecule has 168 valence electrons. The Balaban J connectivity index is 1.43. The molecular weight excluding hydrogens is 418 g/mol. The topological polar surface area (TPSA) is 104 Å². The maximum Gasteiger partial charge on any atom is 0.281 e. The van der Waals surface area contributed by atoms with Crippen LogP contribution in [0.1, 0.15) is 29.8 Å². The Kier molecular flexibility index (Phi) is 6.54. The number of nitrogen functional groups attached to an aromatic ring is 1. The van der Waals surface area contributed by atoms with E-state index in [4.69, 9.17) is 15.2 Å². The highest BCUT2D eigenvalue weighted by Gasteiger charge is 2.16. The average molecular weight is 444 g/mol. The van der Waals surface area contributed by atoms with Crippen molar-refractivity contribution in [2.45, 2.75) is 26.6 Å². The van der Waals surface area contributed by atoms with E-state index in [2.05, 4.69) is 15.4 Å². The van der Waals surface area contributed by atoms with Crippen LogP contribution in [0.15, 0.2) is 78.9 Å². The molecule has 4 aromatic rings. The Morgan fingerprint density at radius 1 is 1.00 bits per heavy atom. The molecule has 0 fully saturated rings. The summed E-state index contributed by atoms with van der Waals surface area (Å²) >= 11 is 0. The van der Waals surface area contributed by atoms with Gasteiger partial charge in [-0.2, -0.15) is 9.67 Å². The summed E-state index contributed by atoms with van der Waals surface area (Å²) < 4.78 is 12.5. The fraction of sp³-hybridized carbons (Fsp3) is 0.160. The Hall–Kier alpha value is -4.33. The van der Waals surface area contributed by atoms with Crippen molar-refractivity contribution in [3.63, 3.8) is 0 Å². The number of carbonyl (C=O) groups excluding carboxylic acids is 1. The van der Waals surface area contributed by atoms with Gasteiger partial charge >= 0.3 is 0 Å². The van der Waals surface area contributed by atoms with Crippen LogP contribution in [0.5, 0.6) is 11.5 Å². The number of carbonyl (C=O) groups is 1. The number of nitrogens with two attached hydrogens (primary N) is 1. The van der Waals surface area contributed by atoms with Crippen molar-refractivity contribution in [3.8, 4) is 11.5 Å². The van der Waals surface area contributed by atoms with Gasteiger partial charge in [0.2, 0.25) is 11.9 Å². The lowest BCUT2D eigenvalue weighted by atomic mass is 10.2. The lowest BCUT2D eigenvalue weighted by Crippen LogP contribution is -2.16. The predicted molar refractivity (Wildman–Crippen MR) is 127 cm³/mol. The second-order valence-electron chi connectivity index (χ2n) is 7.63. The Morgan fingerprint density at radius 3 is 2.48 bits per heavy atom. The first-order chi connectivity index (χ1) is 16.0. The van der Waals surface area contributed by atoms with E-state index < -0.39 is 0 Å². The molecule has 1 heterocycles. The summed E-state index contributed by atoms with van der Waals surface area (Å²) in [5, 5.41) is 7.29. The second kappa shape index (κ2) is 9.86. The first kappa shape index (κ1) is 21.9. The molecule has 0 bridgehead atoms. The van der Waals surface area contributed by atoms with Gasteiger partial charge in [-0.15, -0.1) is 5.10 Å². The molecule has 0 amide bonds. The summed E-state index contributed by atoms with van der Waals surface area (Å²) in [7, 11) is 0. The van der Waals surface area contributed by atoms with Crippen LogP contribution in [-0.2, 0) is 6.61 Å². The maximum atomic E-state index is 12.8. The van der Waals surface area contributed by atoms with Gasteiger partial charge in [-0.3, -0.25) is 4.79 Å². The quantitative estimate of drug-likeness (QED) is 0.408. The van der Waals surface area contributed by atoms with E-state index in [0.717, 1.165) is 10.2 Å². The summed E-state index contributed by atoms with van der Waals surface area (Å²) in [6, 6.07) is 24.1. The minimum absolute atomic E-state index is 0.0125. The van der Waals surface area contributed by atoms with Crippen molar-refractivity contribution in [1.82, 2.24) is 14.8 Å². The highest BCUT2D eigenvalue weighted by atomic mass is 16.5. The molecule has 0 saturated heterocycles. The van der Waals surface area contributed by atoms with E-state index in [9.17, 15) is 4.79 Å². The fourth-order valence-electron chi connectivity index (χ4n) is 3.13. The van der Waals surface area contributed by atoms with Gasteiger partial charge in [0.15, 0.2) is 0 Å². The highest BCUT2D eigenvalue weighted by molar-refractivity contribution is 5.97. The third-order valence-electron chi connectivity index (χ3n) is 4.64. The fourth-order valence-corrected chi connectivity index (χ4v) is 3.13. The first-order valence-electron chi connectivity index (χ1n) is 10.6. The van der Waals surface area contributed by atoms with Crippen molar-refractivity contribution in [1.29, 1.82) is 0 Å². The zero-order valence-corrected chi connectivity index (χ0v) is 18.4. The van der Waals surface area contributed by atoms with Crippen molar-refractivity contribution in [2.24, 2.45) is 0 Å². The van der Waals surface area contributed by atoms with E-state index >= 15 is 0 Å². The summed E-state index contributed by atoms with van der Waals surface area (Å²) in [6.45, 7) is 4.34. The summed E-state index contributed by atoms with van der Waals surface area (Å²) in [5.74, 6) is 1.19. The van der Waals surface area contributed by atoms with Crippen LogP contribution < -0.4 is 20.5 Å². The van der Waals surface area contributed by atoms with Gasteiger partial charge < -0.3 is 20.5 Å². The number of hydrogen-bond acceptors (Lipinski definition) is 7.